The summed E-state index contributed by atoms with van der Waals surface area (Å²) >= 11 is 6.07. The van der Waals surface area contributed by atoms with E-state index < -0.39 is 16.1 Å². The van der Waals surface area contributed by atoms with Crippen molar-refractivity contribution in [3.63, 3.8) is 0 Å². The van der Waals surface area contributed by atoms with Crippen molar-refractivity contribution in [3.8, 4) is 0 Å². The van der Waals surface area contributed by atoms with Gasteiger partial charge in [0.15, 0.2) is 0 Å². The van der Waals surface area contributed by atoms with Gasteiger partial charge in [0.05, 0.1) is 5.69 Å². The Bertz CT molecular complexity index is 1060. The second kappa shape index (κ2) is 8.97. The Hall–Kier alpha value is -2.43. The molecule has 1 N–H and O–H groups in total. The third-order valence-electron chi connectivity index (χ3n) is 5.59. The first kappa shape index (κ1) is 21.8. The maximum Gasteiger partial charge on any atom is 0.335 e. The molecule has 11 heteroatoms. The number of unbranched alkanes of at least 4 members (excludes halogenated alkanes) is 1. The molecule has 0 atom stereocenters. The number of rotatable bonds is 6. The number of piperazine rings is 1. The summed E-state index contributed by atoms with van der Waals surface area (Å²) in [5.41, 5.74) is 0.886. The second-order valence-corrected chi connectivity index (χ2v) is 9.93. The molecule has 0 aliphatic carbocycles. The molecule has 1 saturated heterocycles. The summed E-state index contributed by atoms with van der Waals surface area (Å²) in [6.07, 6.45) is 4.88. The van der Waals surface area contributed by atoms with Crippen molar-refractivity contribution < 1.29 is 13.2 Å². The van der Waals surface area contributed by atoms with Crippen molar-refractivity contribution in [3.05, 3.63) is 41.2 Å². The van der Waals surface area contributed by atoms with Crippen LogP contribution in [0.15, 0.2) is 35.5 Å². The largest absolute Gasteiger partial charge is 0.338 e. The SMILES string of the molecule is Cc1cc2c(cc1Cl)NC(=O)N(CCCCN1CCN(c3ncccn3)CC1)S2(=O)=O. The molecule has 2 aliphatic heterocycles. The lowest BCUT2D eigenvalue weighted by atomic mass is 10.2. The van der Waals surface area contributed by atoms with Crippen LogP contribution in [0.5, 0.6) is 0 Å². The van der Waals surface area contributed by atoms with Crippen molar-refractivity contribution in [1.82, 2.24) is 19.2 Å². The van der Waals surface area contributed by atoms with Crippen LogP contribution in [-0.2, 0) is 10.0 Å². The Morgan fingerprint density at radius 3 is 2.45 bits per heavy atom. The number of halogens is 1. The minimum absolute atomic E-state index is 0.0910. The first-order chi connectivity index (χ1) is 14.9. The lowest BCUT2D eigenvalue weighted by Crippen LogP contribution is -2.47. The molecule has 2 amide bonds. The number of aryl methyl sites for hydroxylation is 1. The van der Waals surface area contributed by atoms with Gasteiger partial charge in [-0.25, -0.2) is 27.5 Å². The molecule has 31 heavy (non-hydrogen) atoms. The van der Waals surface area contributed by atoms with Crippen molar-refractivity contribution in [1.29, 1.82) is 0 Å². The molecule has 0 radical (unpaired) electrons. The molecule has 1 aromatic heterocycles. The van der Waals surface area contributed by atoms with Gasteiger partial charge in [0.2, 0.25) is 5.95 Å². The minimum atomic E-state index is -3.89. The van der Waals surface area contributed by atoms with E-state index >= 15 is 0 Å². The van der Waals surface area contributed by atoms with Crippen molar-refractivity contribution >= 4 is 39.3 Å². The number of urea groups is 1. The normalized spacial score (nSPS) is 18.6. The molecular formula is C20H25ClN6O3S. The fourth-order valence-corrected chi connectivity index (χ4v) is 5.56. The van der Waals surface area contributed by atoms with E-state index in [-0.39, 0.29) is 17.1 Å². The molecule has 0 unspecified atom stereocenters. The molecule has 1 aromatic carbocycles. The summed E-state index contributed by atoms with van der Waals surface area (Å²) < 4.78 is 26.8. The van der Waals surface area contributed by atoms with E-state index in [1.165, 1.54) is 12.1 Å². The summed E-state index contributed by atoms with van der Waals surface area (Å²) in [6.45, 7) is 6.24. The maximum absolute atomic E-state index is 12.9. The Morgan fingerprint density at radius 2 is 1.74 bits per heavy atom. The molecule has 3 heterocycles. The number of nitrogens with zero attached hydrogens (tertiary/aromatic N) is 5. The van der Waals surface area contributed by atoms with Crippen molar-refractivity contribution in [2.75, 3.05) is 49.5 Å². The zero-order valence-corrected chi connectivity index (χ0v) is 18.9. The third-order valence-corrected chi connectivity index (χ3v) is 7.82. The van der Waals surface area contributed by atoms with Crippen LogP contribution in [0, 0.1) is 6.92 Å². The Morgan fingerprint density at radius 1 is 1.06 bits per heavy atom. The molecular weight excluding hydrogens is 440 g/mol. The van der Waals surface area contributed by atoms with Crippen LogP contribution in [0.4, 0.5) is 16.4 Å². The van der Waals surface area contributed by atoms with Gasteiger partial charge in [0, 0.05) is 50.1 Å². The Labute approximate surface area is 187 Å². The number of hydrogen-bond acceptors (Lipinski definition) is 7. The van der Waals surface area contributed by atoms with Crippen molar-refractivity contribution in [2.45, 2.75) is 24.7 Å². The Balaban J connectivity index is 1.28. The smallest absolute Gasteiger partial charge is 0.335 e. The first-order valence-electron chi connectivity index (χ1n) is 10.2. The van der Waals surface area contributed by atoms with Crippen LogP contribution in [-0.4, -0.2) is 72.9 Å². The van der Waals surface area contributed by atoms with Gasteiger partial charge in [-0.1, -0.05) is 11.6 Å². The molecule has 2 aromatic rings. The molecule has 166 valence electrons. The Kier molecular flexibility index (Phi) is 6.31. The average molecular weight is 465 g/mol. The van der Waals surface area contributed by atoms with Crippen molar-refractivity contribution in [2.24, 2.45) is 0 Å². The van der Waals surface area contributed by atoms with Gasteiger partial charge < -0.3 is 10.2 Å². The van der Waals surface area contributed by atoms with E-state index in [2.05, 4.69) is 25.1 Å². The van der Waals surface area contributed by atoms with Crippen LogP contribution in [0.25, 0.3) is 0 Å². The molecule has 0 saturated carbocycles. The molecule has 0 spiro atoms. The highest BCUT2D eigenvalue weighted by molar-refractivity contribution is 7.90. The third kappa shape index (κ3) is 4.60. The van der Waals surface area contributed by atoms with Crippen LogP contribution < -0.4 is 10.2 Å². The van der Waals surface area contributed by atoms with Crippen LogP contribution >= 0.6 is 11.6 Å². The van der Waals surface area contributed by atoms with Gasteiger partial charge in [-0.3, -0.25) is 4.90 Å². The number of hydrogen-bond donors (Lipinski definition) is 1. The summed E-state index contributed by atoms with van der Waals surface area (Å²) in [5.74, 6) is 0.750. The van der Waals surface area contributed by atoms with Crippen LogP contribution in [0.3, 0.4) is 0 Å². The number of benzene rings is 1. The predicted octanol–water partition coefficient (Wildman–Crippen LogP) is 2.58. The molecule has 0 bridgehead atoms. The average Bonchev–Trinajstić information content (AvgIpc) is 2.76. The number of amides is 2. The highest BCUT2D eigenvalue weighted by Gasteiger charge is 2.36. The summed E-state index contributed by atoms with van der Waals surface area (Å²) in [4.78, 5) is 25.6. The number of fused-ring (bicyclic) bond motifs is 1. The first-order valence-corrected chi connectivity index (χ1v) is 12.1. The van der Waals surface area contributed by atoms with E-state index in [0.717, 1.165) is 49.4 Å². The number of nitrogens with one attached hydrogen (secondary N) is 1. The van der Waals surface area contributed by atoms with E-state index in [9.17, 15) is 13.2 Å². The molecule has 9 nitrogen and oxygen atoms in total. The van der Waals surface area contributed by atoms with E-state index in [0.29, 0.717) is 17.0 Å². The number of anilines is 2. The predicted molar refractivity (Wildman–Crippen MR) is 119 cm³/mol. The molecule has 4 rings (SSSR count). The lowest BCUT2D eigenvalue weighted by molar-refractivity contribution is 0.230. The van der Waals surface area contributed by atoms with Gasteiger partial charge in [0.1, 0.15) is 4.90 Å². The zero-order chi connectivity index (χ0) is 22.0. The quantitative estimate of drug-likeness (QED) is 0.656. The fraction of sp³-hybridized carbons (Fsp3) is 0.450. The van der Waals surface area contributed by atoms with Gasteiger partial charge in [-0.2, -0.15) is 0 Å². The zero-order valence-electron chi connectivity index (χ0n) is 17.3. The highest BCUT2D eigenvalue weighted by Crippen LogP contribution is 2.34. The fourth-order valence-electron chi connectivity index (χ4n) is 3.81. The number of aromatic nitrogens is 2. The van der Waals surface area contributed by atoms with E-state index in [1.54, 1.807) is 25.4 Å². The van der Waals surface area contributed by atoms with Gasteiger partial charge in [0.25, 0.3) is 10.0 Å². The van der Waals surface area contributed by atoms with Gasteiger partial charge in [-0.05, 0) is 50.1 Å². The number of carbonyl (C=O) groups excluding carboxylic acids is 1. The summed E-state index contributed by atoms with van der Waals surface area (Å²) in [5, 5.41) is 3.06. The van der Waals surface area contributed by atoms with Crippen LogP contribution in [0.1, 0.15) is 18.4 Å². The van der Waals surface area contributed by atoms with E-state index in [4.69, 9.17) is 11.6 Å². The minimum Gasteiger partial charge on any atom is -0.338 e. The molecule has 1 fully saturated rings. The lowest BCUT2D eigenvalue weighted by Gasteiger charge is -2.34. The highest BCUT2D eigenvalue weighted by atomic mass is 35.5. The van der Waals surface area contributed by atoms with Gasteiger partial charge >= 0.3 is 6.03 Å². The second-order valence-electron chi connectivity index (χ2n) is 7.69. The standard InChI is InChI=1S/C20H25ClN6O3S/c1-15-13-18-17(14-16(15)21)24-20(28)27(31(18,29)30)8-3-2-7-25-9-11-26(12-10-25)19-22-5-4-6-23-19/h4-6,13-14H,2-3,7-12H2,1H3,(H,24,28). The summed E-state index contributed by atoms with van der Waals surface area (Å²) in [6, 6.07) is 4.16. The van der Waals surface area contributed by atoms with Gasteiger partial charge in [-0.15, -0.1) is 0 Å². The van der Waals surface area contributed by atoms with Crippen LogP contribution in [0.2, 0.25) is 5.02 Å². The number of carbonyl (C=O) groups is 1. The number of sulfonamides is 1. The maximum atomic E-state index is 12.9. The summed E-state index contributed by atoms with van der Waals surface area (Å²) in [7, 11) is -3.89. The van der Waals surface area contributed by atoms with E-state index in [1.807, 2.05) is 0 Å². The topological polar surface area (TPSA) is 98.7 Å². The monoisotopic (exact) mass is 464 g/mol. The molecule has 2 aliphatic rings.